The molecule has 8 nitrogen and oxygen atoms in total. The number of rotatable bonds is 12. The Labute approximate surface area is 209 Å². The number of hydrogen-bond acceptors (Lipinski definition) is 5. The number of ether oxygens (including phenoxy) is 2. The number of urea groups is 1. The minimum absolute atomic E-state index is 0.00394. The van der Waals surface area contributed by atoms with Gasteiger partial charge in [0.2, 0.25) is 0 Å². The number of alkyl carbamates (subject to hydrolysis) is 1. The molecule has 0 saturated carbocycles. The van der Waals surface area contributed by atoms with E-state index >= 15 is 0 Å². The number of nitrogens with zero attached hydrogens (tertiary/aromatic N) is 1. The Hall–Kier alpha value is -2.39. The van der Waals surface area contributed by atoms with Crippen molar-refractivity contribution in [2.75, 3.05) is 46.9 Å². The van der Waals surface area contributed by atoms with Gasteiger partial charge in [0, 0.05) is 38.1 Å². The molecular weight excluding hydrogens is 451 g/mol. The molecule has 3 amide bonds. The molecule has 0 radical (unpaired) electrons. The molecule has 3 N–H and O–H groups in total. The first-order chi connectivity index (χ1) is 16.7. The maximum atomic E-state index is 14.0. The van der Waals surface area contributed by atoms with Gasteiger partial charge >= 0.3 is 12.1 Å². The molecule has 1 aliphatic heterocycles. The summed E-state index contributed by atoms with van der Waals surface area (Å²) in [6.07, 6.45) is 2.69. The van der Waals surface area contributed by atoms with Crippen LogP contribution in [-0.2, 0) is 9.47 Å². The first-order valence-electron chi connectivity index (χ1n) is 12.6. The van der Waals surface area contributed by atoms with Crippen LogP contribution in [0, 0.1) is 17.2 Å². The Kier molecular flexibility index (Phi) is 11.7. The Morgan fingerprint density at radius 1 is 1.31 bits per heavy atom. The molecule has 1 aliphatic rings. The van der Waals surface area contributed by atoms with Crippen LogP contribution >= 0.6 is 0 Å². The Bertz CT molecular complexity index is 807. The molecule has 1 saturated heterocycles. The van der Waals surface area contributed by atoms with E-state index in [0.29, 0.717) is 19.6 Å². The van der Waals surface area contributed by atoms with E-state index in [1.165, 1.54) is 19.2 Å². The van der Waals surface area contributed by atoms with Crippen LogP contribution in [0.3, 0.4) is 0 Å². The number of carbonyl (C=O) groups is 2. The topological polar surface area (TPSA) is 91.9 Å². The summed E-state index contributed by atoms with van der Waals surface area (Å²) < 4.78 is 24.7. The average molecular weight is 495 g/mol. The van der Waals surface area contributed by atoms with Crippen molar-refractivity contribution >= 4 is 12.1 Å². The lowest BCUT2D eigenvalue weighted by Gasteiger charge is -2.38. The second-order valence-electron chi connectivity index (χ2n) is 10.0. The molecule has 1 aromatic rings. The molecule has 1 aromatic carbocycles. The first-order valence-corrected chi connectivity index (χ1v) is 12.6. The van der Waals surface area contributed by atoms with E-state index in [4.69, 9.17) is 4.74 Å². The van der Waals surface area contributed by atoms with Crippen molar-refractivity contribution in [2.24, 2.45) is 11.3 Å². The second kappa shape index (κ2) is 14.2. The van der Waals surface area contributed by atoms with Gasteiger partial charge < -0.3 is 30.3 Å². The van der Waals surface area contributed by atoms with Gasteiger partial charge in [-0.15, -0.1) is 0 Å². The molecule has 9 heteroatoms. The van der Waals surface area contributed by atoms with Gasteiger partial charge in [0.15, 0.2) is 0 Å². The Balaban J connectivity index is 2.08. The quantitative estimate of drug-likeness (QED) is 0.381. The van der Waals surface area contributed by atoms with Crippen molar-refractivity contribution in [2.45, 2.75) is 58.6 Å². The number of carbonyl (C=O) groups excluding carboxylic acids is 2. The van der Waals surface area contributed by atoms with Gasteiger partial charge in [0.25, 0.3) is 0 Å². The van der Waals surface area contributed by atoms with Crippen molar-refractivity contribution in [3.05, 3.63) is 35.6 Å². The number of hydrogen-bond donors (Lipinski definition) is 3. The van der Waals surface area contributed by atoms with Crippen molar-refractivity contribution in [1.29, 1.82) is 0 Å². The molecule has 0 aromatic heterocycles. The number of halogens is 1. The number of nitrogens with one attached hydrogen (secondary N) is 3. The fourth-order valence-electron chi connectivity index (χ4n) is 4.54. The van der Waals surface area contributed by atoms with Crippen molar-refractivity contribution in [3.8, 4) is 0 Å². The molecule has 2 rings (SSSR count). The third-order valence-electron chi connectivity index (χ3n) is 6.74. The van der Waals surface area contributed by atoms with E-state index < -0.39 is 12.2 Å². The number of benzene rings is 1. The summed E-state index contributed by atoms with van der Waals surface area (Å²) in [5, 5.41) is 9.01. The summed E-state index contributed by atoms with van der Waals surface area (Å²) in [5.41, 5.74) is 0.862. The van der Waals surface area contributed by atoms with Gasteiger partial charge in [0.05, 0.1) is 19.8 Å². The smallest absolute Gasteiger partial charge is 0.406 e. The van der Waals surface area contributed by atoms with Crippen molar-refractivity contribution in [3.63, 3.8) is 0 Å². The fraction of sp³-hybridized carbons (Fsp3) is 0.692. The standard InChI is InChI=1S/C26H43FN4O4/c1-6-26(2,3)16-22(17-28-4)30-24(32)31-13-8-10-20(18-31)23(19-9-7-11-21(27)15-19)35-14-12-29-25(33)34-5/h7,9,11,15,20,22-23,28H,6,8,10,12-14,16-18H2,1-5H3,(H,29,33)(H,30,32). The molecule has 1 heterocycles. The summed E-state index contributed by atoms with van der Waals surface area (Å²) in [5.74, 6) is -0.327. The van der Waals surface area contributed by atoms with E-state index in [2.05, 4.69) is 41.5 Å². The minimum Gasteiger partial charge on any atom is -0.453 e. The third-order valence-corrected chi connectivity index (χ3v) is 6.74. The third kappa shape index (κ3) is 9.64. The number of likely N-dealkylation sites (tertiary alicyclic amines) is 1. The van der Waals surface area contributed by atoms with Crippen LogP contribution in [0.25, 0.3) is 0 Å². The second-order valence-corrected chi connectivity index (χ2v) is 10.0. The van der Waals surface area contributed by atoms with E-state index in [-0.39, 0.29) is 42.4 Å². The van der Waals surface area contributed by atoms with Gasteiger partial charge in [0.1, 0.15) is 5.82 Å². The molecular formula is C26H43FN4O4. The van der Waals surface area contributed by atoms with Crippen LogP contribution < -0.4 is 16.0 Å². The molecule has 3 atom stereocenters. The monoisotopic (exact) mass is 494 g/mol. The zero-order valence-electron chi connectivity index (χ0n) is 21.9. The van der Waals surface area contributed by atoms with Crippen LogP contribution in [0.5, 0.6) is 0 Å². The zero-order chi connectivity index (χ0) is 25.8. The normalized spacial score (nSPS) is 18.0. The SMILES string of the molecule is CCC(C)(C)CC(CNC)NC(=O)N1CCCC(C(OCCNC(=O)OC)c2cccc(F)c2)C1. The van der Waals surface area contributed by atoms with E-state index in [0.717, 1.165) is 31.2 Å². The molecule has 0 spiro atoms. The largest absolute Gasteiger partial charge is 0.453 e. The van der Waals surface area contributed by atoms with Crippen LogP contribution in [0.4, 0.5) is 14.0 Å². The average Bonchev–Trinajstić information content (AvgIpc) is 2.83. The fourth-order valence-corrected chi connectivity index (χ4v) is 4.54. The number of amides is 3. The molecule has 1 fully saturated rings. The van der Waals surface area contributed by atoms with Gasteiger partial charge in [-0.3, -0.25) is 0 Å². The highest BCUT2D eigenvalue weighted by Gasteiger charge is 2.32. The van der Waals surface area contributed by atoms with Gasteiger partial charge in [-0.1, -0.05) is 39.3 Å². The van der Waals surface area contributed by atoms with Crippen LogP contribution in [-0.4, -0.2) is 70.0 Å². The minimum atomic E-state index is -0.529. The molecule has 198 valence electrons. The summed E-state index contributed by atoms with van der Waals surface area (Å²) in [6, 6.07) is 6.34. The lowest BCUT2D eigenvalue weighted by atomic mass is 9.83. The lowest BCUT2D eigenvalue weighted by molar-refractivity contribution is -0.00882. The van der Waals surface area contributed by atoms with Crippen LogP contribution in [0.2, 0.25) is 0 Å². The molecule has 0 aliphatic carbocycles. The maximum absolute atomic E-state index is 14.0. The van der Waals surface area contributed by atoms with Crippen molar-refractivity contribution < 1.29 is 23.5 Å². The molecule has 0 bridgehead atoms. The Morgan fingerprint density at radius 3 is 2.74 bits per heavy atom. The highest BCUT2D eigenvalue weighted by Crippen LogP contribution is 2.33. The van der Waals surface area contributed by atoms with Gasteiger partial charge in [-0.25, -0.2) is 14.0 Å². The zero-order valence-corrected chi connectivity index (χ0v) is 21.9. The van der Waals surface area contributed by atoms with E-state index in [9.17, 15) is 14.0 Å². The lowest BCUT2D eigenvalue weighted by Crippen LogP contribution is -2.52. The highest BCUT2D eigenvalue weighted by atomic mass is 19.1. The van der Waals surface area contributed by atoms with Crippen LogP contribution in [0.15, 0.2) is 24.3 Å². The van der Waals surface area contributed by atoms with Crippen molar-refractivity contribution in [1.82, 2.24) is 20.9 Å². The summed E-state index contributed by atoms with van der Waals surface area (Å²) >= 11 is 0. The van der Waals surface area contributed by atoms with Crippen LogP contribution in [0.1, 0.15) is 58.1 Å². The number of likely N-dealkylation sites (N-methyl/N-ethyl adjacent to an activating group) is 1. The summed E-state index contributed by atoms with van der Waals surface area (Å²) in [7, 11) is 3.20. The molecule has 35 heavy (non-hydrogen) atoms. The first kappa shape index (κ1) is 28.8. The number of methoxy groups -OCH3 is 1. The summed E-state index contributed by atoms with van der Waals surface area (Å²) in [4.78, 5) is 26.4. The maximum Gasteiger partial charge on any atom is 0.406 e. The highest BCUT2D eigenvalue weighted by molar-refractivity contribution is 5.74. The van der Waals surface area contributed by atoms with Gasteiger partial charge in [-0.2, -0.15) is 0 Å². The summed E-state index contributed by atoms with van der Waals surface area (Å²) in [6.45, 7) is 9.01. The van der Waals surface area contributed by atoms with Gasteiger partial charge in [-0.05, 0) is 49.4 Å². The Morgan fingerprint density at radius 2 is 2.09 bits per heavy atom. The predicted molar refractivity (Wildman–Crippen MR) is 135 cm³/mol. The predicted octanol–water partition coefficient (Wildman–Crippen LogP) is 4.08. The molecule has 3 unspecified atom stereocenters. The van der Waals surface area contributed by atoms with E-state index in [1.807, 2.05) is 18.0 Å². The number of piperidine rings is 1. The van der Waals surface area contributed by atoms with E-state index in [1.54, 1.807) is 6.07 Å².